The summed E-state index contributed by atoms with van der Waals surface area (Å²) in [4.78, 5) is 8.63. The molecule has 0 unspecified atom stereocenters. The molecule has 10 heteroatoms. The van der Waals surface area contributed by atoms with Crippen molar-refractivity contribution in [2.75, 3.05) is 12.4 Å². The number of nitrogens with zero attached hydrogens (tertiary/aromatic N) is 5. The molecule has 0 spiro atoms. The topological polar surface area (TPSA) is 69.8 Å². The number of methoxy groups -OCH3 is 1. The Labute approximate surface area is 182 Å². The Bertz CT molecular complexity index is 1280. The Morgan fingerprint density at radius 2 is 1.84 bits per heavy atom. The van der Waals surface area contributed by atoms with Crippen LogP contribution in [-0.4, -0.2) is 31.4 Å². The highest BCUT2D eigenvalue weighted by Gasteiger charge is 2.33. The Morgan fingerprint density at radius 1 is 1.06 bits per heavy atom. The van der Waals surface area contributed by atoms with Gasteiger partial charge in [-0.1, -0.05) is 6.07 Å². The van der Waals surface area contributed by atoms with Crippen molar-refractivity contribution in [2.45, 2.75) is 20.0 Å². The summed E-state index contributed by atoms with van der Waals surface area (Å²) in [5.74, 6) is 1.12. The van der Waals surface area contributed by atoms with Crippen molar-refractivity contribution in [3.63, 3.8) is 0 Å². The van der Waals surface area contributed by atoms with Gasteiger partial charge in [0.25, 0.3) is 0 Å². The maximum Gasteiger partial charge on any atom is 0.418 e. The molecule has 166 valence electrons. The van der Waals surface area contributed by atoms with Crippen LogP contribution in [0.1, 0.15) is 16.8 Å². The lowest BCUT2D eigenvalue weighted by Gasteiger charge is -2.14. The molecule has 1 N–H and O–H groups in total. The number of alkyl halides is 3. The van der Waals surface area contributed by atoms with Gasteiger partial charge in [0.15, 0.2) is 5.82 Å². The second-order valence-corrected chi connectivity index (χ2v) is 7.36. The summed E-state index contributed by atoms with van der Waals surface area (Å²) in [7, 11) is 3.17. The van der Waals surface area contributed by atoms with E-state index in [2.05, 4.69) is 20.4 Å². The molecule has 0 saturated heterocycles. The molecule has 0 aliphatic rings. The molecule has 0 radical (unpaired) electrons. The number of aromatic nitrogens is 5. The van der Waals surface area contributed by atoms with Gasteiger partial charge in [0.1, 0.15) is 5.75 Å². The maximum atomic E-state index is 13.4. The molecule has 2 aromatic heterocycles. The molecule has 2 aromatic carbocycles. The number of hydrogen-bond acceptors (Lipinski definition) is 5. The molecule has 0 atom stereocenters. The molecule has 0 fully saturated rings. The zero-order valence-corrected chi connectivity index (χ0v) is 17.9. The van der Waals surface area contributed by atoms with Crippen LogP contribution < -0.4 is 10.1 Å². The van der Waals surface area contributed by atoms with E-state index < -0.39 is 11.7 Å². The summed E-state index contributed by atoms with van der Waals surface area (Å²) in [6.45, 7) is 3.62. The third-order valence-electron chi connectivity index (χ3n) is 4.92. The van der Waals surface area contributed by atoms with Crippen molar-refractivity contribution in [1.29, 1.82) is 0 Å². The van der Waals surface area contributed by atoms with Gasteiger partial charge in [0.05, 0.1) is 36.1 Å². The zero-order chi connectivity index (χ0) is 23.0. The van der Waals surface area contributed by atoms with Crippen molar-refractivity contribution in [2.24, 2.45) is 7.05 Å². The number of rotatable bonds is 5. The van der Waals surface area contributed by atoms with Crippen molar-refractivity contribution in [3.8, 4) is 22.8 Å². The van der Waals surface area contributed by atoms with Crippen molar-refractivity contribution in [1.82, 2.24) is 24.3 Å². The number of benzene rings is 2. The first-order valence-corrected chi connectivity index (χ1v) is 9.71. The number of halogens is 3. The number of ether oxygens (including phenoxy) is 1. The van der Waals surface area contributed by atoms with Gasteiger partial charge in [-0.2, -0.15) is 18.2 Å². The van der Waals surface area contributed by atoms with Crippen molar-refractivity contribution in [3.05, 3.63) is 65.7 Å². The van der Waals surface area contributed by atoms with E-state index in [0.717, 1.165) is 17.4 Å². The molecule has 32 heavy (non-hydrogen) atoms. The van der Waals surface area contributed by atoms with E-state index in [9.17, 15) is 13.2 Å². The number of aryl methyl sites for hydroxylation is 3. The first kappa shape index (κ1) is 21.4. The Hall–Kier alpha value is -3.82. The van der Waals surface area contributed by atoms with E-state index in [-0.39, 0.29) is 11.6 Å². The molecule has 0 aliphatic carbocycles. The molecule has 0 amide bonds. The Balaban J connectivity index is 1.69. The predicted octanol–water partition coefficient (Wildman–Crippen LogP) is 5.06. The van der Waals surface area contributed by atoms with Crippen LogP contribution in [0.2, 0.25) is 0 Å². The van der Waals surface area contributed by atoms with Gasteiger partial charge in [-0.25, -0.2) is 9.67 Å². The van der Waals surface area contributed by atoms with E-state index in [1.54, 1.807) is 33.5 Å². The Kier molecular flexibility index (Phi) is 5.37. The van der Waals surface area contributed by atoms with E-state index in [0.29, 0.717) is 22.7 Å². The van der Waals surface area contributed by atoms with Crippen molar-refractivity contribution < 1.29 is 17.9 Å². The van der Waals surface area contributed by atoms with Crippen LogP contribution in [0.4, 0.5) is 24.8 Å². The number of anilines is 2. The van der Waals surface area contributed by atoms with Crippen LogP contribution in [0.5, 0.6) is 5.75 Å². The molecule has 0 aliphatic heterocycles. The smallest absolute Gasteiger partial charge is 0.418 e. The minimum atomic E-state index is -4.49. The third-order valence-corrected chi connectivity index (χ3v) is 4.92. The highest BCUT2D eigenvalue weighted by molar-refractivity contribution is 5.66. The summed E-state index contributed by atoms with van der Waals surface area (Å²) < 4.78 is 49.0. The fraction of sp³-hybridized carbons (Fsp3) is 0.227. The monoisotopic (exact) mass is 442 g/mol. The summed E-state index contributed by atoms with van der Waals surface area (Å²) in [5.41, 5.74) is 2.16. The average Bonchev–Trinajstić information content (AvgIpc) is 3.32. The maximum absolute atomic E-state index is 13.4. The highest BCUT2D eigenvalue weighted by atomic mass is 19.4. The Morgan fingerprint density at radius 3 is 2.50 bits per heavy atom. The largest absolute Gasteiger partial charge is 0.495 e. The molecule has 0 saturated carbocycles. The van der Waals surface area contributed by atoms with Crippen LogP contribution in [0.25, 0.3) is 17.1 Å². The molecular formula is C22H21F3N6O. The van der Waals surface area contributed by atoms with E-state index >= 15 is 0 Å². The van der Waals surface area contributed by atoms with E-state index in [1.165, 1.54) is 16.8 Å². The predicted molar refractivity (Wildman–Crippen MR) is 114 cm³/mol. The first-order chi connectivity index (χ1) is 15.2. The number of nitrogens with one attached hydrogen (secondary N) is 1. The van der Waals surface area contributed by atoms with Gasteiger partial charge in [-0.05, 0) is 49.7 Å². The first-order valence-electron chi connectivity index (χ1n) is 9.71. The molecular weight excluding hydrogens is 421 g/mol. The van der Waals surface area contributed by atoms with Crippen LogP contribution in [0.15, 0.2) is 48.9 Å². The van der Waals surface area contributed by atoms with Gasteiger partial charge >= 0.3 is 6.18 Å². The van der Waals surface area contributed by atoms with E-state index in [1.807, 2.05) is 29.8 Å². The van der Waals surface area contributed by atoms with Crippen LogP contribution in [0, 0.1) is 13.8 Å². The number of imidazole rings is 1. The fourth-order valence-corrected chi connectivity index (χ4v) is 3.33. The molecule has 7 nitrogen and oxygen atoms in total. The van der Waals surface area contributed by atoms with E-state index in [4.69, 9.17) is 4.74 Å². The lowest BCUT2D eigenvalue weighted by atomic mass is 10.1. The lowest BCUT2D eigenvalue weighted by Crippen LogP contribution is -2.10. The van der Waals surface area contributed by atoms with Crippen LogP contribution in [-0.2, 0) is 13.2 Å². The number of hydrogen-bond donors (Lipinski definition) is 1. The third kappa shape index (κ3) is 4.16. The minimum absolute atomic E-state index is 0.0806. The summed E-state index contributed by atoms with van der Waals surface area (Å²) in [6, 6.07) is 9.35. The normalized spacial score (nSPS) is 11.6. The molecule has 2 heterocycles. The standard InChI is InChI=1S/C22H21F3N6O/c1-13-5-7-16(22(23,24)25)17(9-13)27-21-28-20(29-30(21)3)15-6-8-18(19(10-15)32-4)31-11-14(2)26-12-31/h5-12H,1-4H3,(H,27,28,29). The van der Waals surface area contributed by atoms with Gasteiger partial charge in [-0.3, -0.25) is 0 Å². The molecule has 4 rings (SSSR count). The van der Waals surface area contributed by atoms with Crippen LogP contribution >= 0.6 is 0 Å². The summed E-state index contributed by atoms with van der Waals surface area (Å²) >= 11 is 0. The van der Waals surface area contributed by atoms with Gasteiger partial charge in [0, 0.05) is 18.8 Å². The second kappa shape index (κ2) is 8.03. The zero-order valence-electron chi connectivity index (χ0n) is 17.9. The SMILES string of the molecule is COc1cc(-c2nc(Nc3cc(C)ccc3C(F)(F)F)n(C)n2)ccc1-n1cnc(C)c1. The summed E-state index contributed by atoms with van der Waals surface area (Å²) in [5, 5.41) is 7.13. The van der Waals surface area contributed by atoms with Crippen molar-refractivity contribution >= 4 is 11.6 Å². The van der Waals surface area contributed by atoms with Gasteiger partial charge in [0.2, 0.25) is 5.95 Å². The summed E-state index contributed by atoms with van der Waals surface area (Å²) in [6.07, 6.45) is -0.932. The molecule has 0 bridgehead atoms. The second-order valence-electron chi connectivity index (χ2n) is 7.36. The fourth-order valence-electron chi connectivity index (χ4n) is 3.33. The van der Waals surface area contributed by atoms with Crippen LogP contribution in [0.3, 0.4) is 0 Å². The highest BCUT2D eigenvalue weighted by Crippen LogP contribution is 2.37. The van der Waals surface area contributed by atoms with Gasteiger partial charge < -0.3 is 14.6 Å². The molecule has 4 aromatic rings. The van der Waals surface area contributed by atoms with Gasteiger partial charge in [-0.15, -0.1) is 5.10 Å². The quantitative estimate of drug-likeness (QED) is 0.468. The lowest BCUT2D eigenvalue weighted by molar-refractivity contribution is -0.136. The average molecular weight is 442 g/mol. The minimum Gasteiger partial charge on any atom is -0.495 e.